The molecule has 1 aromatic heterocycles. The predicted molar refractivity (Wildman–Crippen MR) is 167 cm³/mol. The molecule has 5 rings (SSSR count). The molecular formula is C36H37F3N2O4. The van der Waals surface area contributed by atoms with Crippen molar-refractivity contribution in [2.75, 3.05) is 0 Å². The number of hydrogen-bond acceptors (Lipinski definition) is 4. The molecule has 236 valence electrons. The Hall–Kier alpha value is -4.40. The summed E-state index contributed by atoms with van der Waals surface area (Å²) < 4.78 is 45.0. The van der Waals surface area contributed by atoms with E-state index in [1.54, 1.807) is 6.07 Å². The molecule has 0 saturated heterocycles. The topological polar surface area (TPSA) is 88.5 Å². The third-order valence-electron chi connectivity index (χ3n) is 8.35. The van der Waals surface area contributed by atoms with Crippen molar-refractivity contribution in [1.29, 1.82) is 0 Å². The smallest absolute Gasteiger partial charge is 0.416 e. The van der Waals surface area contributed by atoms with Crippen LogP contribution >= 0.6 is 0 Å². The van der Waals surface area contributed by atoms with Crippen LogP contribution in [0.25, 0.3) is 10.8 Å². The Labute approximate surface area is 260 Å². The number of carboxylic acids is 1. The highest BCUT2D eigenvalue weighted by atomic mass is 19.4. The molecule has 1 aliphatic carbocycles. The molecule has 3 aromatic carbocycles. The number of carbonyl (C=O) groups excluding carboxylic acids is 1. The third-order valence-corrected chi connectivity index (χ3v) is 8.35. The standard InChI is InChI=1S/C36H37F3N2O4/c1-35(2,3)25-13-16-27(17-14-25)45-28-15-10-24-20-31(40-30(29(24)21-28)18-22-6-4-5-7-22)33(42)41-32(34(43)44)19-23-8-11-26(12-9-23)36(37,38)39/h8-17,20-22,32H,4-7,18-19H2,1-3H3,(H,41,42)(H,43,44)/t32-/m1/s1. The maximum Gasteiger partial charge on any atom is 0.416 e. The van der Waals surface area contributed by atoms with Crippen LogP contribution in [0.1, 0.15) is 79.3 Å². The molecule has 4 aromatic rings. The summed E-state index contributed by atoms with van der Waals surface area (Å²) in [7, 11) is 0. The van der Waals surface area contributed by atoms with E-state index in [9.17, 15) is 27.9 Å². The number of rotatable bonds is 9. The molecule has 0 bridgehead atoms. The molecule has 0 spiro atoms. The maximum atomic E-state index is 13.4. The minimum atomic E-state index is -4.50. The number of nitrogens with zero attached hydrogens (tertiary/aromatic N) is 1. The van der Waals surface area contributed by atoms with Gasteiger partial charge in [0.25, 0.3) is 5.91 Å². The predicted octanol–water partition coefficient (Wildman–Crippen LogP) is 8.50. The van der Waals surface area contributed by atoms with Gasteiger partial charge in [-0.05, 0) is 76.7 Å². The fourth-order valence-corrected chi connectivity index (χ4v) is 5.78. The van der Waals surface area contributed by atoms with E-state index >= 15 is 0 Å². The van der Waals surface area contributed by atoms with Crippen molar-refractivity contribution in [3.8, 4) is 11.5 Å². The molecule has 1 saturated carbocycles. The number of pyridine rings is 1. The highest BCUT2D eigenvalue weighted by Crippen LogP contribution is 2.34. The lowest BCUT2D eigenvalue weighted by molar-refractivity contribution is -0.139. The number of carbonyl (C=O) groups is 2. The molecule has 2 N–H and O–H groups in total. The summed E-state index contributed by atoms with van der Waals surface area (Å²) in [6.45, 7) is 6.46. The van der Waals surface area contributed by atoms with Crippen LogP contribution in [0, 0.1) is 5.92 Å². The molecular weight excluding hydrogens is 581 g/mol. The first-order valence-electron chi connectivity index (χ1n) is 15.2. The number of benzene rings is 3. The molecule has 0 radical (unpaired) electrons. The van der Waals surface area contributed by atoms with Crippen LogP contribution in [0.4, 0.5) is 13.2 Å². The van der Waals surface area contributed by atoms with Crippen LogP contribution in [0.5, 0.6) is 11.5 Å². The molecule has 1 fully saturated rings. The molecule has 1 heterocycles. The van der Waals surface area contributed by atoms with E-state index in [1.165, 1.54) is 17.7 Å². The number of carboxylic acid groups (broad SMARTS) is 1. The van der Waals surface area contributed by atoms with Crippen molar-refractivity contribution in [2.24, 2.45) is 5.92 Å². The van der Waals surface area contributed by atoms with Crippen molar-refractivity contribution >= 4 is 22.6 Å². The number of alkyl halides is 3. The Kier molecular flexibility index (Phi) is 9.18. The third kappa shape index (κ3) is 8.01. The van der Waals surface area contributed by atoms with Gasteiger partial charge in [-0.3, -0.25) is 4.79 Å². The molecule has 45 heavy (non-hydrogen) atoms. The lowest BCUT2D eigenvalue weighted by Crippen LogP contribution is -2.42. The molecule has 1 atom stereocenters. The molecule has 9 heteroatoms. The van der Waals surface area contributed by atoms with E-state index in [2.05, 4.69) is 38.2 Å². The zero-order chi connectivity index (χ0) is 32.4. The Morgan fingerprint density at radius 3 is 2.13 bits per heavy atom. The van der Waals surface area contributed by atoms with Gasteiger partial charge in [-0.1, -0.05) is 76.8 Å². The normalized spacial score (nSPS) is 14.8. The minimum absolute atomic E-state index is 0.0268. The average molecular weight is 619 g/mol. The fraction of sp³-hybridized carbons (Fsp3) is 0.361. The Morgan fingerprint density at radius 1 is 0.911 bits per heavy atom. The summed E-state index contributed by atoms with van der Waals surface area (Å²) in [5.41, 5.74) is 1.58. The number of ether oxygens (including phenoxy) is 1. The van der Waals surface area contributed by atoms with E-state index in [4.69, 9.17) is 9.72 Å². The molecule has 6 nitrogen and oxygen atoms in total. The Morgan fingerprint density at radius 2 is 1.53 bits per heavy atom. The van der Waals surface area contributed by atoms with E-state index in [0.717, 1.165) is 54.3 Å². The van der Waals surface area contributed by atoms with Gasteiger partial charge in [0.2, 0.25) is 0 Å². The van der Waals surface area contributed by atoms with E-state index in [1.807, 2.05) is 30.3 Å². The summed E-state index contributed by atoms with van der Waals surface area (Å²) >= 11 is 0. The zero-order valence-electron chi connectivity index (χ0n) is 25.6. The minimum Gasteiger partial charge on any atom is -0.480 e. The van der Waals surface area contributed by atoms with Crippen molar-refractivity contribution in [3.63, 3.8) is 0 Å². The van der Waals surface area contributed by atoms with Crippen LogP contribution in [0.15, 0.2) is 72.8 Å². The van der Waals surface area contributed by atoms with E-state index in [-0.39, 0.29) is 17.5 Å². The van der Waals surface area contributed by atoms with Crippen molar-refractivity contribution in [3.05, 3.63) is 101 Å². The van der Waals surface area contributed by atoms with Gasteiger partial charge in [0.15, 0.2) is 0 Å². The number of aliphatic carboxylic acids is 1. The summed E-state index contributed by atoms with van der Waals surface area (Å²) in [4.78, 5) is 30.1. The summed E-state index contributed by atoms with van der Waals surface area (Å²) in [5, 5.41) is 14.0. The SMILES string of the molecule is CC(C)(C)c1ccc(Oc2ccc3cc(C(=O)N[C@H](Cc4ccc(C(F)(F)F)cc4)C(=O)O)nc(CC4CCCC4)c3c2)cc1. The lowest BCUT2D eigenvalue weighted by Gasteiger charge is -2.19. The molecule has 1 amide bonds. The van der Waals surface area contributed by atoms with Gasteiger partial charge in [0.1, 0.15) is 23.2 Å². The first-order valence-corrected chi connectivity index (χ1v) is 15.2. The number of hydrogen-bond donors (Lipinski definition) is 2. The number of halogens is 3. The first kappa shape index (κ1) is 32.0. The second-order valence-electron chi connectivity index (χ2n) is 12.8. The van der Waals surface area contributed by atoms with Crippen molar-refractivity contribution in [2.45, 2.75) is 76.9 Å². The van der Waals surface area contributed by atoms with Gasteiger partial charge in [0.05, 0.1) is 5.56 Å². The van der Waals surface area contributed by atoms with Crippen molar-refractivity contribution < 1.29 is 32.6 Å². The maximum absolute atomic E-state index is 13.4. The number of amides is 1. The van der Waals surface area contributed by atoms with E-state index < -0.39 is 29.7 Å². The second-order valence-corrected chi connectivity index (χ2v) is 12.8. The highest BCUT2D eigenvalue weighted by molar-refractivity contribution is 5.99. The van der Waals surface area contributed by atoms with Crippen LogP contribution in [-0.2, 0) is 29.2 Å². The molecule has 0 aliphatic heterocycles. The average Bonchev–Trinajstić information content (AvgIpc) is 3.49. The van der Waals surface area contributed by atoms with Crippen LogP contribution in [0.2, 0.25) is 0 Å². The van der Waals surface area contributed by atoms with Gasteiger partial charge in [-0.25, -0.2) is 9.78 Å². The largest absolute Gasteiger partial charge is 0.480 e. The number of fused-ring (bicyclic) bond motifs is 1. The lowest BCUT2D eigenvalue weighted by atomic mass is 9.87. The van der Waals surface area contributed by atoms with Crippen LogP contribution in [0.3, 0.4) is 0 Å². The quantitative estimate of drug-likeness (QED) is 0.196. The molecule has 0 unspecified atom stereocenters. The Balaban J connectivity index is 1.39. The van der Waals surface area contributed by atoms with Crippen LogP contribution in [-0.4, -0.2) is 28.0 Å². The second kappa shape index (κ2) is 12.9. The summed E-state index contributed by atoms with van der Waals surface area (Å²) in [6, 6.07) is 18.1. The monoisotopic (exact) mass is 618 g/mol. The van der Waals surface area contributed by atoms with Gasteiger partial charge >= 0.3 is 12.1 Å². The van der Waals surface area contributed by atoms with Crippen molar-refractivity contribution in [1.82, 2.24) is 10.3 Å². The number of nitrogens with one attached hydrogen (secondary N) is 1. The van der Waals surface area contributed by atoms with Gasteiger partial charge in [-0.15, -0.1) is 0 Å². The summed E-state index contributed by atoms with van der Waals surface area (Å²) in [6.07, 6.45) is 0.433. The first-order chi connectivity index (χ1) is 21.3. The zero-order valence-corrected chi connectivity index (χ0v) is 25.6. The Bertz CT molecular complexity index is 1670. The molecule has 1 aliphatic rings. The van der Waals surface area contributed by atoms with Gasteiger partial charge in [-0.2, -0.15) is 13.2 Å². The van der Waals surface area contributed by atoms with Gasteiger partial charge in [0, 0.05) is 17.5 Å². The summed E-state index contributed by atoms with van der Waals surface area (Å²) in [5.74, 6) is -0.188. The fourth-order valence-electron chi connectivity index (χ4n) is 5.78. The van der Waals surface area contributed by atoms with Gasteiger partial charge < -0.3 is 15.2 Å². The van der Waals surface area contributed by atoms with E-state index in [0.29, 0.717) is 29.4 Å². The van der Waals surface area contributed by atoms with Crippen LogP contribution < -0.4 is 10.1 Å². The number of aromatic nitrogens is 1. The highest BCUT2D eigenvalue weighted by Gasteiger charge is 2.30.